The van der Waals surface area contributed by atoms with Gasteiger partial charge in [0.25, 0.3) is 5.91 Å². The lowest BCUT2D eigenvalue weighted by molar-refractivity contribution is -0.151. The summed E-state index contributed by atoms with van der Waals surface area (Å²) in [5, 5.41) is 2.61. The lowest BCUT2D eigenvalue weighted by Crippen LogP contribution is -2.28. The predicted octanol–water partition coefficient (Wildman–Crippen LogP) is 3.17. The third kappa shape index (κ3) is 7.17. The minimum absolute atomic E-state index is 0.0725. The molecule has 0 spiro atoms. The Hall–Kier alpha value is -3.68. The summed E-state index contributed by atoms with van der Waals surface area (Å²) in [6, 6.07) is 15.8. The topological polar surface area (TPSA) is 102 Å². The molecule has 2 aromatic carbocycles. The van der Waals surface area contributed by atoms with Gasteiger partial charge in [0.2, 0.25) is 5.91 Å². The highest BCUT2D eigenvalue weighted by molar-refractivity contribution is 5.95. The second-order valence-corrected chi connectivity index (χ2v) is 7.88. The van der Waals surface area contributed by atoms with Gasteiger partial charge in [0.15, 0.2) is 6.61 Å². The fourth-order valence-corrected chi connectivity index (χ4v) is 3.42. The van der Waals surface area contributed by atoms with E-state index in [1.54, 1.807) is 29.2 Å². The zero-order valence-corrected chi connectivity index (χ0v) is 18.6. The molecular formula is C25H28N2O6. The first kappa shape index (κ1) is 24.0. The van der Waals surface area contributed by atoms with Gasteiger partial charge in [-0.3, -0.25) is 14.4 Å². The normalized spacial score (nSPS) is 15.2. The van der Waals surface area contributed by atoms with Crippen LogP contribution in [0.25, 0.3) is 0 Å². The van der Waals surface area contributed by atoms with Crippen LogP contribution in [0, 0.1) is 5.92 Å². The highest BCUT2D eigenvalue weighted by Gasteiger charge is 2.35. The molecule has 0 aliphatic carbocycles. The lowest BCUT2D eigenvalue weighted by Gasteiger charge is -2.16. The summed E-state index contributed by atoms with van der Waals surface area (Å²) in [6.45, 7) is 2.63. The molecule has 0 unspecified atom stereocenters. The maximum atomic E-state index is 12.3. The SMILES string of the molecule is CCCCOC(=O)c1ccc(NC(=O)COC(=O)[C@H]2CC(=O)N(Cc3ccccc3)C2)cc1. The molecule has 2 amide bonds. The average Bonchev–Trinajstić information content (AvgIpc) is 3.19. The average molecular weight is 453 g/mol. The Morgan fingerprint density at radius 1 is 1.03 bits per heavy atom. The van der Waals surface area contributed by atoms with Gasteiger partial charge in [-0.05, 0) is 36.2 Å². The molecule has 1 aliphatic heterocycles. The smallest absolute Gasteiger partial charge is 0.338 e. The van der Waals surface area contributed by atoms with Crippen LogP contribution in [0.1, 0.15) is 42.1 Å². The summed E-state index contributed by atoms with van der Waals surface area (Å²) < 4.78 is 10.3. The van der Waals surface area contributed by atoms with Crippen LogP contribution in [0.3, 0.4) is 0 Å². The van der Waals surface area contributed by atoms with E-state index in [2.05, 4.69) is 5.32 Å². The van der Waals surface area contributed by atoms with Crippen molar-refractivity contribution in [2.75, 3.05) is 25.1 Å². The van der Waals surface area contributed by atoms with Gasteiger partial charge in [0, 0.05) is 25.2 Å². The van der Waals surface area contributed by atoms with E-state index in [9.17, 15) is 19.2 Å². The molecule has 33 heavy (non-hydrogen) atoms. The monoisotopic (exact) mass is 452 g/mol. The quantitative estimate of drug-likeness (QED) is 0.439. The van der Waals surface area contributed by atoms with E-state index in [0.29, 0.717) is 24.4 Å². The highest BCUT2D eigenvalue weighted by atomic mass is 16.5. The molecule has 0 bridgehead atoms. The molecule has 1 aliphatic rings. The van der Waals surface area contributed by atoms with Crippen LogP contribution in [0.4, 0.5) is 5.69 Å². The van der Waals surface area contributed by atoms with Crippen LogP contribution in [0.5, 0.6) is 0 Å². The van der Waals surface area contributed by atoms with Crippen molar-refractivity contribution in [3.8, 4) is 0 Å². The summed E-state index contributed by atoms with van der Waals surface area (Å²) >= 11 is 0. The molecule has 1 fully saturated rings. The molecule has 3 rings (SSSR count). The summed E-state index contributed by atoms with van der Waals surface area (Å²) in [5.41, 5.74) is 1.84. The Labute approximate surface area is 192 Å². The van der Waals surface area contributed by atoms with E-state index in [1.807, 2.05) is 37.3 Å². The van der Waals surface area contributed by atoms with Crippen molar-refractivity contribution in [2.45, 2.75) is 32.7 Å². The zero-order chi connectivity index (χ0) is 23.6. The Bertz CT molecular complexity index is 974. The standard InChI is InChI=1S/C25H28N2O6/c1-2-3-13-32-24(30)19-9-11-21(12-10-19)26-22(28)17-33-25(31)20-14-23(29)27(16-20)15-18-7-5-4-6-8-18/h4-12,20H,2-3,13-17H2,1H3,(H,26,28)/t20-/m0/s1. The minimum Gasteiger partial charge on any atom is -0.462 e. The van der Waals surface area contributed by atoms with Gasteiger partial charge in [-0.1, -0.05) is 43.7 Å². The molecular weight excluding hydrogens is 424 g/mol. The number of hydrogen-bond acceptors (Lipinski definition) is 6. The van der Waals surface area contributed by atoms with Gasteiger partial charge >= 0.3 is 11.9 Å². The van der Waals surface area contributed by atoms with E-state index >= 15 is 0 Å². The van der Waals surface area contributed by atoms with Crippen molar-refractivity contribution in [1.82, 2.24) is 4.90 Å². The van der Waals surface area contributed by atoms with Crippen molar-refractivity contribution in [3.63, 3.8) is 0 Å². The molecule has 1 saturated heterocycles. The van der Waals surface area contributed by atoms with E-state index in [0.717, 1.165) is 18.4 Å². The molecule has 0 aromatic heterocycles. The Morgan fingerprint density at radius 3 is 2.45 bits per heavy atom. The van der Waals surface area contributed by atoms with Crippen molar-refractivity contribution < 1.29 is 28.7 Å². The molecule has 0 radical (unpaired) electrons. The number of hydrogen-bond donors (Lipinski definition) is 1. The first-order valence-electron chi connectivity index (χ1n) is 11.0. The second kappa shape index (κ2) is 11.8. The van der Waals surface area contributed by atoms with Crippen LogP contribution in [0.15, 0.2) is 54.6 Å². The summed E-state index contributed by atoms with van der Waals surface area (Å²) in [4.78, 5) is 50.2. The molecule has 2 aromatic rings. The fraction of sp³-hybridized carbons (Fsp3) is 0.360. The van der Waals surface area contributed by atoms with Crippen molar-refractivity contribution in [3.05, 3.63) is 65.7 Å². The maximum Gasteiger partial charge on any atom is 0.338 e. The third-order valence-corrected chi connectivity index (χ3v) is 5.25. The van der Waals surface area contributed by atoms with E-state index in [-0.39, 0.29) is 18.9 Å². The maximum absolute atomic E-state index is 12.3. The van der Waals surface area contributed by atoms with Crippen LogP contribution >= 0.6 is 0 Å². The molecule has 8 heteroatoms. The number of rotatable bonds is 10. The first-order chi connectivity index (χ1) is 16.0. The number of nitrogens with one attached hydrogen (secondary N) is 1. The first-order valence-corrected chi connectivity index (χ1v) is 11.0. The molecule has 1 atom stereocenters. The van der Waals surface area contributed by atoms with Crippen molar-refractivity contribution in [2.24, 2.45) is 5.92 Å². The number of ether oxygens (including phenoxy) is 2. The Balaban J connectivity index is 1.42. The number of esters is 2. The van der Waals surface area contributed by atoms with Gasteiger partial charge < -0.3 is 19.7 Å². The molecule has 0 saturated carbocycles. The number of nitrogens with zero attached hydrogens (tertiary/aromatic N) is 1. The van der Waals surface area contributed by atoms with Crippen LogP contribution in [0.2, 0.25) is 0 Å². The van der Waals surface area contributed by atoms with Gasteiger partial charge in [-0.2, -0.15) is 0 Å². The Morgan fingerprint density at radius 2 is 1.76 bits per heavy atom. The second-order valence-electron chi connectivity index (χ2n) is 7.88. The van der Waals surface area contributed by atoms with Crippen molar-refractivity contribution >= 4 is 29.4 Å². The fourth-order valence-electron chi connectivity index (χ4n) is 3.42. The van der Waals surface area contributed by atoms with Gasteiger partial charge in [-0.15, -0.1) is 0 Å². The number of unbranched alkanes of at least 4 members (excludes halogenated alkanes) is 1. The number of likely N-dealkylation sites (tertiary alicyclic amines) is 1. The lowest BCUT2D eigenvalue weighted by atomic mass is 10.1. The number of carbonyl (C=O) groups is 4. The molecule has 174 valence electrons. The third-order valence-electron chi connectivity index (χ3n) is 5.25. The number of carbonyl (C=O) groups excluding carboxylic acids is 4. The predicted molar refractivity (Wildman–Crippen MR) is 121 cm³/mol. The number of benzene rings is 2. The molecule has 1 heterocycles. The van der Waals surface area contributed by atoms with E-state index in [1.165, 1.54) is 0 Å². The van der Waals surface area contributed by atoms with Crippen LogP contribution in [-0.4, -0.2) is 48.4 Å². The zero-order valence-electron chi connectivity index (χ0n) is 18.6. The van der Waals surface area contributed by atoms with Gasteiger partial charge in [0.1, 0.15) is 0 Å². The number of anilines is 1. The highest BCUT2D eigenvalue weighted by Crippen LogP contribution is 2.21. The summed E-state index contributed by atoms with van der Waals surface area (Å²) in [6.07, 6.45) is 1.81. The Kier molecular flexibility index (Phi) is 8.57. The molecule has 1 N–H and O–H groups in total. The number of amides is 2. The van der Waals surface area contributed by atoms with E-state index < -0.39 is 30.4 Å². The van der Waals surface area contributed by atoms with Crippen molar-refractivity contribution in [1.29, 1.82) is 0 Å². The van der Waals surface area contributed by atoms with Gasteiger partial charge in [-0.25, -0.2) is 4.79 Å². The summed E-state index contributed by atoms with van der Waals surface area (Å²) in [5.74, 6) is -2.19. The van der Waals surface area contributed by atoms with Crippen LogP contribution < -0.4 is 5.32 Å². The van der Waals surface area contributed by atoms with E-state index in [4.69, 9.17) is 9.47 Å². The minimum atomic E-state index is -0.591. The van der Waals surface area contributed by atoms with Gasteiger partial charge in [0.05, 0.1) is 18.1 Å². The van der Waals surface area contributed by atoms with Crippen LogP contribution in [-0.2, 0) is 30.4 Å². The summed E-state index contributed by atoms with van der Waals surface area (Å²) in [7, 11) is 0. The molecule has 8 nitrogen and oxygen atoms in total. The largest absolute Gasteiger partial charge is 0.462 e.